The Bertz CT molecular complexity index is 727. The molecule has 3 nitrogen and oxygen atoms in total. The van der Waals surface area contributed by atoms with Crippen molar-refractivity contribution < 1.29 is 4.39 Å². The second-order valence-corrected chi connectivity index (χ2v) is 6.12. The Morgan fingerprint density at radius 1 is 0.958 bits per heavy atom. The monoisotopic (exact) mass is 345 g/mol. The lowest BCUT2D eigenvalue weighted by Gasteiger charge is -2.22. The van der Waals surface area contributed by atoms with Crippen molar-refractivity contribution in [1.29, 1.82) is 0 Å². The molecule has 2 N–H and O–H groups in total. The van der Waals surface area contributed by atoms with Crippen LogP contribution in [-0.4, -0.2) is 18.2 Å². The van der Waals surface area contributed by atoms with E-state index in [1.165, 1.54) is 17.8 Å². The largest absolute Gasteiger partial charge is 0.372 e. The van der Waals surface area contributed by atoms with Gasteiger partial charge in [0, 0.05) is 30.2 Å². The van der Waals surface area contributed by atoms with E-state index in [0.29, 0.717) is 10.8 Å². The van der Waals surface area contributed by atoms with E-state index >= 15 is 0 Å². The van der Waals surface area contributed by atoms with Crippen LogP contribution in [0.5, 0.6) is 0 Å². The van der Waals surface area contributed by atoms with Crippen LogP contribution in [0.15, 0.2) is 36.4 Å². The number of halogens is 1. The van der Waals surface area contributed by atoms with Crippen LogP contribution in [0, 0.1) is 19.7 Å². The summed E-state index contributed by atoms with van der Waals surface area (Å²) in [5.74, 6) is -0.286. The first kappa shape index (κ1) is 18.2. The fourth-order valence-corrected chi connectivity index (χ4v) is 2.80. The van der Waals surface area contributed by atoms with E-state index in [0.717, 1.165) is 29.9 Å². The number of anilines is 3. The van der Waals surface area contributed by atoms with E-state index in [1.807, 2.05) is 19.9 Å². The zero-order chi connectivity index (χ0) is 17.7. The summed E-state index contributed by atoms with van der Waals surface area (Å²) in [6, 6.07) is 10.9. The topological polar surface area (TPSA) is 27.3 Å². The van der Waals surface area contributed by atoms with E-state index in [2.05, 4.69) is 41.5 Å². The predicted octanol–water partition coefficient (Wildman–Crippen LogP) is 5.10. The Labute approximate surface area is 148 Å². The predicted molar refractivity (Wildman–Crippen MR) is 106 cm³/mol. The molecule has 0 aliphatic heterocycles. The number of aryl methyl sites for hydroxylation is 2. The molecule has 2 rings (SSSR count). The average molecular weight is 345 g/mol. The molecular formula is C19H24FN3S. The normalized spacial score (nSPS) is 10.4. The molecule has 5 heteroatoms. The van der Waals surface area contributed by atoms with Crippen molar-refractivity contribution >= 4 is 34.4 Å². The number of nitrogens with one attached hydrogen (secondary N) is 2. The maximum atomic E-state index is 13.4. The lowest BCUT2D eigenvalue weighted by molar-refractivity contribution is 0.628. The molecule has 0 bridgehead atoms. The van der Waals surface area contributed by atoms with Gasteiger partial charge >= 0.3 is 0 Å². The summed E-state index contributed by atoms with van der Waals surface area (Å²) in [6.07, 6.45) is 0. The maximum Gasteiger partial charge on any atom is 0.175 e. The minimum atomic E-state index is -0.286. The zero-order valence-corrected chi connectivity index (χ0v) is 15.4. The number of hydrogen-bond acceptors (Lipinski definition) is 2. The van der Waals surface area contributed by atoms with Crippen molar-refractivity contribution in [2.45, 2.75) is 27.7 Å². The quantitative estimate of drug-likeness (QED) is 0.738. The molecule has 128 valence electrons. The number of rotatable bonds is 5. The standard InChI is InChI=1S/C19H24FN3S/c1-5-23(6-2)16-9-10-17(14(4)11-16)21-19(24)22-18-12-15(20)8-7-13(18)3/h7-12H,5-6H2,1-4H3,(H2,21,22,24). The third-order valence-electron chi connectivity index (χ3n) is 4.03. The first-order chi connectivity index (χ1) is 11.4. The van der Waals surface area contributed by atoms with Gasteiger partial charge < -0.3 is 15.5 Å². The molecule has 2 aromatic rings. The number of hydrogen-bond donors (Lipinski definition) is 2. The van der Waals surface area contributed by atoms with Gasteiger partial charge in [0.05, 0.1) is 0 Å². The number of benzene rings is 2. The SMILES string of the molecule is CCN(CC)c1ccc(NC(=S)Nc2cc(F)ccc2C)c(C)c1. The molecule has 0 heterocycles. The Hall–Kier alpha value is -2.14. The lowest BCUT2D eigenvalue weighted by atomic mass is 10.1. The molecule has 0 radical (unpaired) electrons. The number of nitrogens with zero attached hydrogens (tertiary/aromatic N) is 1. The molecule has 0 fully saturated rings. The highest BCUT2D eigenvalue weighted by Crippen LogP contribution is 2.23. The molecule has 0 spiro atoms. The van der Waals surface area contributed by atoms with Gasteiger partial charge in [-0.1, -0.05) is 6.07 Å². The molecular weight excluding hydrogens is 321 g/mol. The van der Waals surface area contributed by atoms with Crippen LogP contribution in [0.1, 0.15) is 25.0 Å². The molecule has 0 amide bonds. The van der Waals surface area contributed by atoms with Crippen molar-refractivity contribution in [3.8, 4) is 0 Å². The van der Waals surface area contributed by atoms with Crippen LogP contribution >= 0.6 is 12.2 Å². The lowest BCUT2D eigenvalue weighted by Crippen LogP contribution is -2.22. The Morgan fingerprint density at radius 2 is 1.62 bits per heavy atom. The Balaban J connectivity index is 2.10. The highest BCUT2D eigenvalue weighted by atomic mass is 32.1. The molecule has 24 heavy (non-hydrogen) atoms. The summed E-state index contributed by atoms with van der Waals surface area (Å²) >= 11 is 5.36. The summed E-state index contributed by atoms with van der Waals surface area (Å²) in [7, 11) is 0. The average Bonchev–Trinajstić information content (AvgIpc) is 2.54. The third kappa shape index (κ3) is 4.45. The van der Waals surface area contributed by atoms with Crippen LogP contribution in [-0.2, 0) is 0 Å². The molecule has 0 aromatic heterocycles. The Kier molecular flexibility index (Phi) is 6.15. The Morgan fingerprint density at radius 3 is 2.25 bits per heavy atom. The second-order valence-electron chi connectivity index (χ2n) is 5.71. The summed E-state index contributed by atoms with van der Waals surface area (Å²) in [4.78, 5) is 2.30. The fourth-order valence-electron chi connectivity index (χ4n) is 2.58. The van der Waals surface area contributed by atoms with Gasteiger partial charge in [-0.2, -0.15) is 0 Å². The van der Waals surface area contributed by atoms with Crippen LogP contribution < -0.4 is 15.5 Å². The molecule has 0 saturated heterocycles. The van der Waals surface area contributed by atoms with Gasteiger partial charge in [0.1, 0.15) is 5.82 Å². The molecule has 0 aliphatic carbocycles. The van der Waals surface area contributed by atoms with Gasteiger partial charge in [0.2, 0.25) is 0 Å². The molecule has 0 unspecified atom stereocenters. The second kappa shape index (κ2) is 8.11. The fraction of sp³-hybridized carbons (Fsp3) is 0.316. The first-order valence-electron chi connectivity index (χ1n) is 8.14. The highest BCUT2D eigenvalue weighted by molar-refractivity contribution is 7.80. The van der Waals surface area contributed by atoms with Crippen molar-refractivity contribution in [3.05, 3.63) is 53.3 Å². The highest BCUT2D eigenvalue weighted by Gasteiger charge is 2.07. The van der Waals surface area contributed by atoms with Crippen molar-refractivity contribution in [1.82, 2.24) is 0 Å². The van der Waals surface area contributed by atoms with Crippen molar-refractivity contribution in [2.24, 2.45) is 0 Å². The minimum absolute atomic E-state index is 0.286. The summed E-state index contributed by atoms with van der Waals surface area (Å²) in [6.45, 7) is 10.2. The van der Waals surface area contributed by atoms with Gasteiger partial charge in [0.25, 0.3) is 0 Å². The summed E-state index contributed by atoms with van der Waals surface area (Å²) in [5, 5.41) is 6.69. The van der Waals surface area contributed by atoms with E-state index < -0.39 is 0 Å². The van der Waals surface area contributed by atoms with Gasteiger partial charge in [-0.15, -0.1) is 0 Å². The number of thiocarbonyl (C=S) groups is 1. The molecule has 2 aromatic carbocycles. The molecule has 0 aliphatic rings. The minimum Gasteiger partial charge on any atom is -0.372 e. The van der Waals surface area contributed by atoms with E-state index in [4.69, 9.17) is 12.2 Å². The molecule has 0 saturated carbocycles. The van der Waals surface area contributed by atoms with E-state index in [-0.39, 0.29) is 5.82 Å². The van der Waals surface area contributed by atoms with Crippen LogP contribution in [0.2, 0.25) is 0 Å². The van der Waals surface area contributed by atoms with Crippen LogP contribution in [0.3, 0.4) is 0 Å². The summed E-state index contributed by atoms with van der Waals surface area (Å²) < 4.78 is 13.4. The van der Waals surface area contributed by atoms with Crippen LogP contribution in [0.4, 0.5) is 21.5 Å². The van der Waals surface area contributed by atoms with E-state index in [9.17, 15) is 4.39 Å². The zero-order valence-electron chi connectivity index (χ0n) is 14.6. The first-order valence-corrected chi connectivity index (χ1v) is 8.55. The third-order valence-corrected chi connectivity index (χ3v) is 4.24. The summed E-state index contributed by atoms with van der Waals surface area (Å²) in [5.41, 5.74) is 4.86. The van der Waals surface area contributed by atoms with Gasteiger partial charge in [-0.05, 0) is 81.4 Å². The van der Waals surface area contributed by atoms with Gasteiger partial charge in [0.15, 0.2) is 5.11 Å². The van der Waals surface area contributed by atoms with Crippen LogP contribution in [0.25, 0.3) is 0 Å². The van der Waals surface area contributed by atoms with E-state index in [1.54, 1.807) is 6.07 Å². The van der Waals surface area contributed by atoms with Crippen molar-refractivity contribution in [2.75, 3.05) is 28.6 Å². The smallest absolute Gasteiger partial charge is 0.175 e. The van der Waals surface area contributed by atoms with Gasteiger partial charge in [-0.3, -0.25) is 0 Å². The van der Waals surface area contributed by atoms with Gasteiger partial charge in [-0.25, -0.2) is 4.39 Å². The van der Waals surface area contributed by atoms with Crippen molar-refractivity contribution in [3.63, 3.8) is 0 Å². The molecule has 0 atom stereocenters. The maximum absolute atomic E-state index is 13.4.